The van der Waals surface area contributed by atoms with E-state index in [9.17, 15) is 13.2 Å². The lowest BCUT2D eigenvalue weighted by molar-refractivity contribution is -0.117. The van der Waals surface area contributed by atoms with Crippen LogP contribution < -0.4 is 4.90 Å². The molecule has 7 heteroatoms. The Kier molecular flexibility index (Phi) is 3.33. The highest BCUT2D eigenvalue weighted by atomic mass is 35.7. The average molecular weight is 289 g/mol. The van der Waals surface area contributed by atoms with E-state index in [2.05, 4.69) is 4.98 Å². The van der Waals surface area contributed by atoms with Crippen LogP contribution in [-0.2, 0) is 13.8 Å². The Balaban J connectivity index is 2.32. The fourth-order valence-corrected chi connectivity index (χ4v) is 3.07. The lowest BCUT2D eigenvalue weighted by atomic mass is 10.2. The van der Waals surface area contributed by atoms with Crippen molar-refractivity contribution in [1.82, 2.24) is 4.98 Å². The van der Waals surface area contributed by atoms with Gasteiger partial charge >= 0.3 is 0 Å². The van der Waals surface area contributed by atoms with E-state index in [4.69, 9.17) is 10.7 Å². The predicted molar refractivity (Wildman–Crippen MR) is 69.2 cm³/mol. The van der Waals surface area contributed by atoms with Gasteiger partial charge in [0.05, 0.1) is 0 Å². The normalized spacial score (nSPS) is 20.5. The van der Waals surface area contributed by atoms with E-state index in [1.54, 1.807) is 6.07 Å². The first-order valence-corrected chi connectivity index (χ1v) is 7.84. The van der Waals surface area contributed by atoms with Gasteiger partial charge in [-0.15, -0.1) is 0 Å². The molecule has 1 aliphatic heterocycles. The van der Waals surface area contributed by atoms with E-state index in [-0.39, 0.29) is 18.9 Å². The largest absolute Gasteiger partial charge is 0.295 e. The van der Waals surface area contributed by atoms with Crippen molar-refractivity contribution in [2.45, 2.75) is 25.5 Å². The molecule has 1 aromatic heterocycles. The van der Waals surface area contributed by atoms with Crippen LogP contribution >= 0.6 is 10.7 Å². The zero-order chi connectivity index (χ0) is 13.5. The van der Waals surface area contributed by atoms with Crippen molar-refractivity contribution in [2.75, 3.05) is 11.4 Å². The molecule has 1 atom stereocenters. The predicted octanol–water partition coefficient (Wildman–Crippen LogP) is 1.37. The molecular weight excluding hydrogens is 276 g/mol. The number of hydrogen-bond acceptors (Lipinski definition) is 4. The van der Waals surface area contributed by atoms with Crippen molar-refractivity contribution >= 4 is 31.5 Å². The second kappa shape index (κ2) is 4.51. The highest BCUT2D eigenvalue weighted by molar-refractivity contribution is 8.14. The molecule has 1 amide bonds. The summed E-state index contributed by atoms with van der Waals surface area (Å²) < 4.78 is 22.5. The van der Waals surface area contributed by atoms with Gasteiger partial charge in [-0.25, -0.2) is 13.4 Å². The van der Waals surface area contributed by atoms with E-state index >= 15 is 0 Å². The average Bonchev–Trinajstić information content (AvgIpc) is 2.58. The highest BCUT2D eigenvalue weighted by Gasteiger charge is 2.38. The number of anilines is 1. The van der Waals surface area contributed by atoms with Gasteiger partial charge in [0.1, 0.15) is 11.1 Å². The Bertz CT molecular complexity index is 580. The quantitative estimate of drug-likeness (QED) is 0.771. The van der Waals surface area contributed by atoms with Gasteiger partial charge in [0.25, 0.3) is 0 Å². The minimum Gasteiger partial charge on any atom is -0.295 e. The molecule has 0 aliphatic carbocycles. The minimum absolute atomic E-state index is 0.0700. The molecule has 0 saturated carbocycles. The number of carbonyl (C=O) groups is 1. The van der Waals surface area contributed by atoms with Crippen LogP contribution in [0.3, 0.4) is 0 Å². The number of hydrogen-bond donors (Lipinski definition) is 0. The molecule has 5 nitrogen and oxygen atoms in total. The summed E-state index contributed by atoms with van der Waals surface area (Å²) in [5.74, 6) is 0.224. The maximum atomic E-state index is 11.8. The van der Waals surface area contributed by atoms with Crippen molar-refractivity contribution in [1.29, 1.82) is 0 Å². The number of nitrogens with zero attached hydrogens (tertiary/aromatic N) is 2. The summed E-state index contributed by atoms with van der Waals surface area (Å²) in [6.45, 7) is 3.79. The summed E-state index contributed by atoms with van der Waals surface area (Å²) in [5, 5.41) is -0.853. The Morgan fingerprint density at radius 2 is 2.06 bits per heavy atom. The van der Waals surface area contributed by atoms with Crippen molar-refractivity contribution in [3.05, 3.63) is 23.4 Å². The first kappa shape index (κ1) is 13.3. The molecule has 0 aromatic carbocycles. The van der Waals surface area contributed by atoms with Crippen LogP contribution in [0.15, 0.2) is 12.1 Å². The third-order valence-electron chi connectivity index (χ3n) is 2.85. The van der Waals surface area contributed by atoms with Gasteiger partial charge in [-0.3, -0.25) is 9.69 Å². The molecule has 1 fully saturated rings. The summed E-state index contributed by atoms with van der Waals surface area (Å²) in [6, 6.07) is 3.65. The zero-order valence-electron chi connectivity index (χ0n) is 10.1. The van der Waals surface area contributed by atoms with Crippen LogP contribution in [0.5, 0.6) is 0 Å². The maximum absolute atomic E-state index is 11.8. The van der Waals surface area contributed by atoms with Gasteiger partial charge in [0, 0.05) is 29.3 Å². The summed E-state index contributed by atoms with van der Waals surface area (Å²) in [7, 11) is 1.58. The lowest BCUT2D eigenvalue weighted by Crippen LogP contribution is -2.27. The molecule has 0 radical (unpaired) electrons. The van der Waals surface area contributed by atoms with Crippen LogP contribution in [-0.4, -0.2) is 31.1 Å². The van der Waals surface area contributed by atoms with E-state index in [0.717, 1.165) is 11.3 Å². The number of rotatable bonds is 2. The second-order valence-corrected chi connectivity index (χ2v) is 7.36. The Hall–Kier alpha value is -1.14. The Labute approximate surface area is 110 Å². The van der Waals surface area contributed by atoms with Crippen molar-refractivity contribution in [2.24, 2.45) is 0 Å². The number of aromatic nitrogens is 1. The molecule has 0 spiro atoms. The van der Waals surface area contributed by atoms with Crippen molar-refractivity contribution < 1.29 is 13.2 Å². The molecular formula is C11H13ClN2O3S. The fraction of sp³-hybridized carbons (Fsp3) is 0.455. The molecule has 0 N–H and O–H groups in total. The first-order chi connectivity index (χ1) is 8.27. The fourth-order valence-electron chi connectivity index (χ4n) is 2.04. The van der Waals surface area contributed by atoms with Gasteiger partial charge in [-0.1, -0.05) is 0 Å². The molecule has 1 aliphatic rings. The number of pyridine rings is 1. The molecule has 1 aromatic rings. The van der Waals surface area contributed by atoms with Crippen LogP contribution in [0.25, 0.3) is 0 Å². The number of aryl methyl sites for hydroxylation is 2. The first-order valence-electron chi connectivity index (χ1n) is 5.46. The van der Waals surface area contributed by atoms with Crippen molar-refractivity contribution in [3.8, 4) is 0 Å². The van der Waals surface area contributed by atoms with E-state index in [0.29, 0.717) is 5.82 Å². The van der Waals surface area contributed by atoms with Gasteiger partial charge < -0.3 is 0 Å². The topological polar surface area (TPSA) is 67.3 Å². The van der Waals surface area contributed by atoms with Crippen LogP contribution in [0.4, 0.5) is 5.82 Å². The Morgan fingerprint density at radius 1 is 1.39 bits per heavy atom. The van der Waals surface area contributed by atoms with E-state index in [1.165, 1.54) is 4.90 Å². The van der Waals surface area contributed by atoms with Crippen molar-refractivity contribution in [3.63, 3.8) is 0 Å². The van der Waals surface area contributed by atoms with Crippen LogP contribution in [0, 0.1) is 13.8 Å². The molecule has 1 unspecified atom stereocenters. The van der Waals surface area contributed by atoms with Crippen LogP contribution in [0.1, 0.15) is 17.7 Å². The maximum Gasteiger partial charge on any atom is 0.237 e. The Morgan fingerprint density at radius 3 is 2.56 bits per heavy atom. The standard InChI is InChI=1S/C11H13ClN2O3S/c1-7-3-8(2)13-10(4-7)14-6-9(5-11(14)15)18(12,16)17/h3-4,9H,5-6H2,1-2H3. The number of halogens is 1. The van der Waals surface area contributed by atoms with Gasteiger partial charge in [-0.2, -0.15) is 0 Å². The van der Waals surface area contributed by atoms with E-state index < -0.39 is 14.3 Å². The second-order valence-electron chi connectivity index (χ2n) is 4.45. The van der Waals surface area contributed by atoms with Crippen LogP contribution in [0.2, 0.25) is 0 Å². The summed E-state index contributed by atoms with van der Waals surface area (Å²) in [5.41, 5.74) is 1.76. The zero-order valence-corrected chi connectivity index (χ0v) is 11.6. The minimum atomic E-state index is -3.71. The molecule has 18 heavy (non-hydrogen) atoms. The van der Waals surface area contributed by atoms with E-state index in [1.807, 2.05) is 19.9 Å². The molecule has 2 rings (SSSR count). The molecule has 98 valence electrons. The number of carbonyl (C=O) groups excluding carboxylic acids is 1. The molecule has 1 saturated heterocycles. The summed E-state index contributed by atoms with van der Waals surface area (Å²) in [4.78, 5) is 17.4. The number of amides is 1. The third kappa shape index (κ3) is 2.64. The highest BCUT2D eigenvalue weighted by Crippen LogP contribution is 2.26. The smallest absolute Gasteiger partial charge is 0.237 e. The lowest BCUT2D eigenvalue weighted by Gasteiger charge is -2.16. The van der Waals surface area contributed by atoms with Gasteiger partial charge in [0.15, 0.2) is 0 Å². The summed E-state index contributed by atoms with van der Waals surface area (Å²) >= 11 is 0. The molecule has 2 heterocycles. The van der Waals surface area contributed by atoms with Gasteiger partial charge in [0.2, 0.25) is 15.0 Å². The summed E-state index contributed by atoms with van der Waals surface area (Å²) in [6.07, 6.45) is -0.0828. The third-order valence-corrected chi connectivity index (χ3v) is 4.72. The monoisotopic (exact) mass is 288 g/mol. The van der Waals surface area contributed by atoms with Gasteiger partial charge in [-0.05, 0) is 31.5 Å². The SMILES string of the molecule is Cc1cc(C)nc(N2CC(S(=O)(=O)Cl)CC2=O)c1. The molecule has 0 bridgehead atoms.